The molecule has 1 aromatic carbocycles. The standard InChI is InChI=1S/C18H25FN4OS/c1-4-14-11-21-17(25-14)12-23-18(20-5-2)22-10-13-7-8-16(24-6-3)15(19)9-13/h7-9,11H,4-6,10,12H2,1-3H3,(H2,20,22,23). The summed E-state index contributed by atoms with van der Waals surface area (Å²) < 4.78 is 19.1. The van der Waals surface area contributed by atoms with Crippen LogP contribution in [0.1, 0.15) is 36.2 Å². The highest BCUT2D eigenvalue weighted by Crippen LogP contribution is 2.18. The molecular weight excluding hydrogens is 339 g/mol. The van der Waals surface area contributed by atoms with Crippen LogP contribution >= 0.6 is 11.3 Å². The molecule has 0 saturated carbocycles. The van der Waals surface area contributed by atoms with Crippen molar-refractivity contribution in [1.29, 1.82) is 0 Å². The monoisotopic (exact) mass is 364 g/mol. The van der Waals surface area contributed by atoms with E-state index in [9.17, 15) is 4.39 Å². The first kappa shape index (κ1) is 19.2. The van der Waals surface area contributed by atoms with Gasteiger partial charge in [-0.2, -0.15) is 0 Å². The van der Waals surface area contributed by atoms with Crippen molar-refractivity contribution in [2.45, 2.75) is 40.3 Å². The molecule has 0 aliphatic heterocycles. The van der Waals surface area contributed by atoms with E-state index in [1.54, 1.807) is 17.4 Å². The van der Waals surface area contributed by atoms with E-state index in [0.29, 0.717) is 25.7 Å². The molecule has 0 radical (unpaired) electrons. The minimum Gasteiger partial charge on any atom is -0.491 e. The maximum Gasteiger partial charge on any atom is 0.191 e. The zero-order valence-electron chi connectivity index (χ0n) is 14.9. The number of aryl methyl sites for hydroxylation is 1. The average Bonchev–Trinajstić information content (AvgIpc) is 3.08. The third-order valence-electron chi connectivity index (χ3n) is 3.42. The van der Waals surface area contributed by atoms with Gasteiger partial charge in [-0.25, -0.2) is 14.4 Å². The molecule has 0 amide bonds. The number of benzene rings is 1. The number of hydrogen-bond acceptors (Lipinski definition) is 4. The molecule has 0 bridgehead atoms. The summed E-state index contributed by atoms with van der Waals surface area (Å²) in [7, 11) is 0. The molecule has 7 heteroatoms. The van der Waals surface area contributed by atoms with Crippen molar-refractivity contribution in [1.82, 2.24) is 15.6 Å². The number of guanidine groups is 1. The molecule has 1 aromatic heterocycles. The normalized spacial score (nSPS) is 11.4. The Morgan fingerprint density at radius 1 is 1.28 bits per heavy atom. The van der Waals surface area contributed by atoms with Gasteiger partial charge in [-0.05, 0) is 38.0 Å². The summed E-state index contributed by atoms with van der Waals surface area (Å²) in [5, 5.41) is 7.47. The molecule has 0 saturated heterocycles. The zero-order chi connectivity index (χ0) is 18.1. The van der Waals surface area contributed by atoms with Gasteiger partial charge in [-0.15, -0.1) is 11.3 Å². The van der Waals surface area contributed by atoms with E-state index in [1.165, 1.54) is 10.9 Å². The molecule has 2 N–H and O–H groups in total. The van der Waals surface area contributed by atoms with Crippen molar-refractivity contribution in [3.8, 4) is 5.75 Å². The molecule has 136 valence electrons. The van der Waals surface area contributed by atoms with Crippen LogP contribution in [0.4, 0.5) is 4.39 Å². The van der Waals surface area contributed by atoms with E-state index in [4.69, 9.17) is 4.74 Å². The molecular formula is C18H25FN4OS. The lowest BCUT2D eigenvalue weighted by atomic mass is 10.2. The Kier molecular flexibility index (Phi) is 7.66. The van der Waals surface area contributed by atoms with Gasteiger partial charge in [-0.1, -0.05) is 13.0 Å². The Bertz CT molecular complexity index is 702. The molecule has 0 fully saturated rings. The maximum absolute atomic E-state index is 13.9. The van der Waals surface area contributed by atoms with Crippen molar-refractivity contribution in [2.75, 3.05) is 13.2 Å². The fraction of sp³-hybridized carbons (Fsp3) is 0.444. The maximum atomic E-state index is 13.9. The summed E-state index contributed by atoms with van der Waals surface area (Å²) in [6.07, 6.45) is 2.91. The number of nitrogens with zero attached hydrogens (tertiary/aromatic N) is 2. The highest BCUT2D eigenvalue weighted by Gasteiger charge is 2.05. The highest BCUT2D eigenvalue weighted by molar-refractivity contribution is 7.11. The average molecular weight is 364 g/mol. The summed E-state index contributed by atoms with van der Waals surface area (Å²) >= 11 is 1.70. The number of aromatic nitrogens is 1. The number of nitrogens with one attached hydrogen (secondary N) is 2. The fourth-order valence-corrected chi connectivity index (χ4v) is 2.98. The van der Waals surface area contributed by atoms with E-state index in [1.807, 2.05) is 26.1 Å². The predicted molar refractivity (Wildman–Crippen MR) is 101 cm³/mol. The molecule has 0 aliphatic rings. The van der Waals surface area contributed by atoms with Crippen molar-refractivity contribution < 1.29 is 9.13 Å². The third-order valence-corrected chi connectivity index (χ3v) is 4.56. The Labute approximate surface area is 152 Å². The zero-order valence-corrected chi connectivity index (χ0v) is 15.8. The second kappa shape index (κ2) is 9.98. The van der Waals surface area contributed by atoms with E-state index in [-0.39, 0.29) is 11.6 Å². The Morgan fingerprint density at radius 3 is 2.76 bits per heavy atom. The van der Waals surface area contributed by atoms with Gasteiger partial charge in [0.2, 0.25) is 0 Å². The number of aliphatic imine (C=N–C) groups is 1. The topological polar surface area (TPSA) is 58.5 Å². The van der Waals surface area contributed by atoms with Gasteiger partial charge >= 0.3 is 0 Å². The van der Waals surface area contributed by atoms with Gasteiger partial charge < -0.3 is 15.4 Å². The van der Waals surface area contributed by atoms with Gasteiger partial charge in [0.25, 0.3) is 0 Å². The Balaban J connectivity index is 1.97. The SMILES string of the molecule is CCNC(=NCc1ccc(OCC)c(F)c1)NCc1ncc(CC)s1. The fourth-order valence-electron chi connectivity index (χ4n) is 2.18. The van der Waals surface area contributed by atoms with E-state index < -0.39 is 0 Å². The number of halogens is 1. The van der Waals surface area contributed by atoms with Gasteiger partial charge in [0.05, 0.1) is 19.7 Å². The van der Waals surface area contributed by atoms with Crippen LogP contribution in [0.25, 0.3) is 0 Å². The summed E-state index contributed by atoms with van der Waals surface area (Å²) in [5.74, 6) is 0.600. The van der Waals surface area contributed by atoms with E-state index in [0.717, 1.165) is 23.5 Å². The summed E-state index contributed by atoms with van der Waals surface area (Å²) in [4.78, 5) is 10.2. The first-order chi connectivity index (χ1) is 12.2. The first-order valence-electron chi connectivity index (χ1n) is 8.53. The second-order valence-electron chi connectivity index (χ2n) is 5.32. The number of thiazole rings is 1. The molecule has 5 nitrogen and oxygen atoms in total. The largest absolute Gasteiger partial charge is 0.491 e. The van der Waals surface area contributed by atoms with Crippen LogP contribution < -0.4 is 15.4 Å². The van der Waals surface area contributed by atoms with Gasteiger partial charge in [0.1, 0.15) is 5.01 Å². The van der Waals surface area contributed by atoms with Crippen molar-refractivity contribution >= 4 is 17.3 Å². The summed E-state index contributed by atoms with van der Waals surface area (Å²) in [6, 6.07) is 4.94. The third kappa shape index (κ3) is 6.01. The van der Waals surface area contributed by atoms with Crippen LogP contribution in [-0.4, -0.2) is 24.1 Å². The molecule has 0 unspecified atom stereocenters. The van der Waals surface area contributed by atoms with Crippen LogP contribution in [0, 0.1) is 5.82 Å². The smallest absolute Gasteiger partial charge is 0.191 e. The minimum atomic E-state index is -0.359. The van der Waals surface area contributed by atoms with Crippen LogP contribution in [0.15, 0.2) is 29.4 Å². The van der Waals surface area contributed by atoms with E-state index in [2.05, 4.69) is 27.5 Å². The Morgan fingerprint density at radius 2 is 2.12 bits per heavy atom. The van der Waals surface area contributed by atoms with Crippen LogP contribution in [-0.2, 0) is 19.5 Å². The molecule has 1 heterocycles. The Hall–Kier alpha value is -2.15. The molecule has 0 aliphatic carbocycles. The van der Waals surface area contributed by atoms with Crippen molar-refractivity contribution in [2.24, 2.45) is 4.99 Å². The molecule has 0 atom stereocenters. The van der Waals surface area contributed by atoms with Crippen molar-refractivity contribution in [3.63, 3.8) is 0 Å². The molecule has 2 aromatic rings. The van der Waals surface area contributed by atoms with Gasteiger partial charge in [0, 0.05) is 17.6 Å². The van der Waals surface area contributed by atoms with Crippen molar-refractivity contribution in [3.05, 3.63) is 45.7 Å². The van der Waals surface area contributed by atoms with Crippen LogP contribution in [0.3, 0.4) is 0 Å². The van der Waals surface area contributed by atoms with E-state index >= 15 is 0 Å². The quantitative estimate of drug-likeness (QED) is 0.556. The number of rotatable bonds is 8. The minimum absolute atomic E-state index is 0.274. The highest BCUT2D eigenvalue weighted by atomic mass is 32.1. The lowest BCUT2D eigenvalue weighted by molar-refractivity contribution is 0.321. The molecule has 25 heavy (non-hydrogen) atoms. The summed E-state index contributed by atoms with van der Waals surface area (Å²) in [6.45, 7) is 8.16. The molecule has 0 spiro atoms. The second-order valence-corrected chi connectivity index (χ2v) is 6.52. The number of ether oxygens (including phenoxy) is 1. The summed E-state index contributed by atoms with van der Waals surface area (Å²) in [5.41, 5.74) is 0.792. The van der Waals surface area contributed by atoms with Crippen LogP contribution in [0.5, 0.6) is 5.75 Å². The predicted octanol–water partition coefficient (Wildman–Crippen LogP) is 3.50. The van der Waals surface area contributed by atoms with Gasteiger partial charge in [0.15, 0.2) is 17.5 Å². The lowest BCUT2D eigenvalue weighted by Gasteiger charge is -2.10. The lowest BCUT2D eigenvalue weighted by Crippen LogP contribution is -2.36. The molecule has 2 rings (SSSR count). The first-order valence-corrected chi connectivity index (χ1v) is 9.34. The number of hydrogen-bond donors (Lipinski definition) is 2. The van der Waals surface area contributed by atoms with Gasteiger partial charge in [-0.3, -0.25) is 0 Å². The van der Waals surface area contributed by atoms with Crippen LogP contribution in [0.2, 0.25) is 0 Å².